The fourth-order valence-electron chi connectivity index (χ4n) is 3.32. The van der Waals surface area contributed by atoms with Crippen LogP contribution >= 0.6 is 0 Å². The average Bonchev–Trinajstić information content (AvgIpc) is 2.65. The van der Waals surface area contributed by atoms with Crippen LogP contribution in [0.5, 0.6) is 0 Å². The molecule has 0 bridgehead atoms. The molecule has 0 radical (unpaired) electrons. The molecule has 2 aromatic carbocycles. The molecule has 1 aliphatic heterocycles. The highest BCUT2D eigenvalue weighted by Gasteiger charge is 2.12. The molecule has 2 heterocycles. The van der Waals surface area contributed by atoms with Gasteiger partial charge in [0.25, 0.3) is 0 Å². The summed E-state index contributed by atoms with van der Waals surface area (Å²) in [5, 5.41) is 7.82. The highest BCUT2D eigenvalue weighted by Crippen LogP contribution is 2.27. The maximum atomic E-state index is 4.60. The average molecular weight is 342 g/mol. The van der Waals surface area contributed by atoms with Gasteiger partial charge in [-0.15, -0.1) is 0 Å². The first-order valence-electron chi connectivity index (χ1n) is 8.83. The Hall–Kier alpha value is -3.14. The second kappa shape index (κ2) is 6.64. The lowest BCUT2D eigenvalue weighted by Crippen LogP contribution is -2.14. The number of fused-ring (bicyclic) bond motifs is 2. The molecule has 0 amide bonds. The second-order valence-electron chi connectivity index (χ2n) is 6.69. The molecule has 4 rings (SSSR count). The Kier molecular flexibility index (Phi) is 4.17. The summed E-state index contributed by atoms with van der Waals surface area (Å²) in [6, 6.07) is 14.6. The molecule has 3 aromatic rings. The number of hydrogen-bond acceptors (Lipinski definition) is 4. The zero-order valence-electron chi connectivity index (χ0n) is 15.0. The number of benzene rings is 2. The van der Waals surface area contributed by atoms with Gasteiger partial charge in [-0.05, 0) is 43.0 Å². The summed E-state index contributed by atoms with van der Waals surface area (Å²) in [5.74, 6) is 0.748. The number of hydrogen-bond donors (Lipinski definition) is 2. The van der Waals surface area contributed by atoms with Crippen molar-refractivity contribution in [2.45, 2.75) is 26.3 Å². The van der Waals surface area contributed by atoms with Crippen LogP contribution in [0.3, 0.4) is 0 Å². The Balaban J connectivity index is 1.55. The lowest BCUT2D eigenvalue weighted by Gasteiger charge is -2.21. The van der Waals surface area contributed by atoms with Gasteiger partial charge in [-0.25, -0.2) is 9.97 Å². The molecule has 4 heteroatoms. The van der Waals surface area contributed by atoms with Crippen LogP contribution in [0.25, 0.3) is 16.6 Å². The normalized spacial score (nSPS) is 13.2. The summed E-state index contributed by atoms with van der Waals surface area (Å²) < 4.78 is 0. The zero-order chi connectivity index (χ0) is 18.1. The van der Waals surface area contributed by atoms with E-state index in [0.717, 1.165) is 52.3 Å². The van der Waals surface area contributed by atoms with Crippen molar-refractivity contribution in [3.8, 4) is 0 Å². The van der Waals surface area contributed by atoms with Crippen molar-refractivity contribution in [2.24, 2.45) is 0 Å². The van der Waals surface area contributed by atoms with Gasteiger partial charge in [0.2, 0.25) is 0 Å². The monoisotopic (exact) mass is 342 g/mol. The van der Waals surface area contributed by atoms with Gasteiger partial charge >= 0.3 is 0 Å². The third-order valence-electron chi connectivity index (χ3n) is 4.69. The smallest absolute Gasteiger partial charge is 0.126 e. The molecule has 0 unspecified atom stereocenters. The van der Waals surface area contributed by atoms with E-state index in [1.165, 1.54) is 11.1 Å². The van der Waals surface area contributed by atoms with Gasteiger partial charge in [0.1, 0.15) is 5.82 Å². The standard InChI is InChI=1S/C22H22N4/c1-14-8-10-18-11-9-17(12-21(18)24-14)13-23-15(2)22-19-6-4-5-7-20(19)25-16(3)26-22/h4-7,9,11-12,23-24H,1-2,8,10,13H2,3H3. The molecule has 130 valence electrons. The van der Waals surface area contributed by atoms with E-state index >= 15 is 0 Å². The second-order valence-corrected chi connectivity index (χ2v) is 6.69. The SMILES string of the molecule is C=C1CCc2ccc(CNC(=C)c3nc(C)nc4ccccc34)cc2N1. The molecule has 0 atom stereocenters. The van der Waals surface area contributed by atoms with Crippen molar-refractivity contribution in [2.75, 3.05) is 5.32 Å². The van der Waals surface area contributed by atoms with Crippen LogP contribution in [0.15, 0.2) is 61.3 Å². The van der Waals surface area contributed by atoms with Crippen LogP contribution in [0.1, 0.15) is 29.1 Å². The molecular weight excluding hydrogens is 320 g/mol. The maximum absolute atomic E-state index is 4.60. The first-order chi connectivity index (χ1) is 12.6. The van der Waals surface area contributed by atoms with Gasteiger partial charge in [0.05, 0.1) is 16.9 Å². The Bertz CT molecular complexity index is 1020. The van der Waals surface area contributed by atoms with Gasteiger partial charge in [-0.2, -0.15) is 0 Å². The fraction of sp³-hybridized carbons (Fsp3) is 0.182. The van der Waals surface area contributed by atoms with E-state index in [9.17, 15) is 0 Å². The van der Waals surface area contributed by atoms with E-state index < -0.39 is 0 Å². The minimum absolute atomic E-state index is 0.692. The predicted molar refractivity (Wildman–Crippen MR) is 108 cm³/mol. The minimum Gasteiger partial charge on any atom is -0.380 e. The topological polar surface area (TPSA) is 49.8 Å². The fourth-order valence-corrected chi connectivity index (χ4v) is 3.32. The lowest BCUT2D eigenvalue weighted by molar-refractivity contribution is 0.873. The maximum Gasteiger partial charge on any atom is 0.126 e. The zero-order valence-corrected chi connectivity index (χ0v) is 15.0. The Morgan fingerprint density at radius 3 is 2.88 bits per heavy atom. The third-order valence-corrected chi connectivity index (χ3v) is 4.69. The molecule has 0 saturated carbocycles. The van der Waals surface area contributed by atoms with E-state index in [1.807, 2.05) is 31.2 Å². The lowest BCUT2D eigenvalue weighted by atomic mass is 9.99. The van der Waals surface area contributed by atoms with Gasteiger partial charge in [-0.1, -0.05) is 43.5 Å². The quantitative estimate of drug-likeness (QED) is 0.729. The summed E-state index contributed by atoms with van der Waals surface area (Å²) in [7, 11) is 0. The van der Waals surface area contributed by atoms with Crippen LogP contribution in [-0.2, 0) is 13.0 Å². The van der Waals surface area contributed by atoms with Crippen molar-refractivity contribution < 1.29 is 0 Å². The summed E-state index contributed by atoms with van der Waals surface area (Å²) in [4.78, 5) is 9.09. The van der Waals surface area contributed by atoms with E-state index in [0.29, 0.717) is 6.54 Å². The number of para-hydroxylation sites is 1. The number of aromatic nitrogens is 2. The summed E-state index contributed by atoms with van der Waals surface area (Å²) in [6.07, 6.45) is 2.05. The van der Waals surface area contributed by atoms with Gasteiger partial charge in [0, 0.05) is 23.3 Å². The largest absolute Gasteiger partial charge is 0.380 e. The molecule has 0 spiro atoms. The Labute approximate surface area is 153 Å². The number of rotatable bonds is 4. The van der Waals surface area contributed by atoms with E-state index in [4.69, 9.17) is 0 Å². The van der Waals surface area contributed by atoms with Gasteiger partial charge in [-0.3, -0.25) is 0 Å². The summed E-state index contributed by atoms with van der Waals surface area (Å²) in [5.41, 5.74) is 7.39. The van der Waals surface area contributed by atoms with Crippen molar-refractivity contribution >= 4 is 22.3 Å². The predicted octanol–water partition coefficient (Wildman–Crippen LogP) is 4.57. The first kappa shape index (κ1) is 16.3. The third kappa shape index (κ3) is 3.18. The molecular formula is C22H22N4. The van der Waals surface area contributed by atoms with E-state index in [-0.39, 0.29) is 0 Å². The molecule has 4 nitrogen and oxygen atoms in total. The van der Waals surface area contributed by atoms with Crippen LogP contribution in [0.4, 0.5) is 5.69 Å². The van der Waals surface area contributed by atoms with Crippen LogP contribution < -0.4 is 10.6 Å². The number of anilines is 1. The summed E-state index contributed by atoms with van der Waals surface area (Å²) in [6.45, 7) is 10.8. The van der Waals surface area contributed by atoms with Crippen LogP contribution in [-0.4, -0.2) is 9.97 Å². The highest BCUT2D eigenvalue weighted by molar-refractivity contribution is 5.88. The van der Waals surface area contributed by atoms with E-state index in [1.54, 1.807) is 0 Å². The number of nitrogens with zero attached hydrogens (tertiary/aromatic N) is 2. The first-order valence-corrected chi connectivity index (χ1v) is 8.83. The van der Waals surface area contributed by atoms with Crippen molar-refractivity contribution in [3.63, 3.8) is 0 Å². The van der Waals surface area contributed by atoms with Crippen molar-refractivity contribution in [1.29, 1.82) is 0 Å². The molecule has 1 aliphatic rings. The van der Waals surface area contributed by atoms with Crippen molar-refractivity contribution in [3.05, 3.63) is 84.0 Å². The van der Waals surface area contributed by atoms with Gasteiger partial charge < -0.3 is 10.6 Å². The molecule has 2 N–H and O–H groups in total. The Morgan fingerprint density at radius 2 is 2.00 bits per heavy atom. The van der Waals surface area contributed by atoms with Crippen molar-refractivity contribution in [1.82, 2.24) is 15.3 Å². The van der Waals surface area contributed by atoms with Gasteiger partial charge in [0.15, 0.2) is 0 Å². The minimum atomic E-state index is 0.692. The number of nitrogens with one attached hydrogen (secondary N) is 2. The molecule has 0 aliphatic carbocycles. The number of allylic oxidation sites excluding steroid dienone is 1. The molecule has 0 fully saturated rings. The van der Waals surface area contributed by atoms with Crippen LogP contribution in [0, 0.1) is 6.92 Å². The molecule has 26 heavy (non-hydrogen) atoms. The highest BCUT2D eigenvalue weighted by atomic mass is 14.9. The Morgan fingerprint density at radius 1 is 1.15 bits per heavy atom. The number of aryl methyl sites for hydroxylation is 2. The molecule has 1 aromatic heterocycles. The van der Waals surface area contributed by atoms with Crippen LogP contribution in [0.2, 0.25) is 0 Å². The molecule has 0 saturated heterocycles. The van der Waals surface area contributed by atoms with E-state index in [2.05, 4.69) is 52.0 Å². The summed E-state index contributed by atoms with van der Waals surface area (Å²) >= 11 is 0.